The number of hydrogen-bond acceptors (Lipinski definition) is 4. The molecule has 142 valence electrons. The first kappa shape index (κ1) is 17.7. The highest BCUT2D eigenvalue weighted by molar-refractivity contribution is 8.14. The Labute approximate surface area is 169 Å². The summed E-state index contributed by atoms with van der Waals surface area (Å²) < 4.78 is 5.54. The lowest BCUT2D eigenvalue weighted by atomic mass is 10.1. The van der Waals surface area contributed by atoms with E-state index in [4.69, 9.17) is 9.73 Å². The van der Waals surface area contributed by atoms with Crippen LogP contribution in [0.1, 0.15) is 24.6 Å². The van der Waals surface area contributed by atoms with Gasteiger partial charge in [0.15, 0.2) is 5.17 Å². The van der Waals surface area contributed by atoms with Crippen molar-refractivity contribution >= 4 is 39.1 Å². The fourth-order valence-electron chi connectivity index (χ4n) is 4.08. The predicted molar refractivity (Wildman–Crippen MR) is 118 cm³/mol. The molecule has 1 unspecified atom stereocenters. The van der Waals surface area contributed by atoms with Crippen LogP contribution in [-0.4, -0.2) is 28.6 Å². The van der Waals surface area contributed by atoms with Crippen LogP contribution in [0.15, 0.2) is 59.7 Å². The number of para-hydroxylation sites is 1. The molecule has 1 aromatic heterocycles. The number of aromatic nitrogens is 1. The molecule has 0 amide bonds. The lowest BCUT2D eigenvalue weighted by Crippen LogP contribution is -2.40. The lowest BCUT2D eigenvalue weighted by Gasteiger charge is -2.32. The molecule has 2 aromatic carbocycles. The first-order valence-electron chi connectivity index (χ1n) is 9.87. The Morgan fingerprint density at radius 3 is 3.07 bits per heavy atom. The number of hydrogen-bond donors (Lipinski definition) is 0. The molecule has 0 N–H and O–H groups in total. The summed E-state index contributed by atoms with van der Waals surface area (Å²) in [6, 6.07) is 17.7. The molecule has 5 rings (SSSR count). The summed E-state index contributed by atoms with van der Waals surface area (Å²) in [6.07, 6.45) is 4.25. The normalized spacial score (nSPS) is 19.8. The van der Waals surface area contributed by atoms with E-state index in [1.807, 2.05) is 24.9 Å². The SMILES string of the molecule is CCOCc1cc2c(N=C3SCCC4Cc5ccccc5N34)cccc2cn1. The Balaban J connectivity index is 1.57. The van der Waals surface area contributed by atoms with Crippen LogP contribution in [0.4, 0.5) is 11.4 Å². The zero-order valence-electron chi connectivity index (χ0n) is 16.0. The summed E-state index contributed by atoms with van der Waals surface area (Å²) in [5, 5.41) is 3.35. The summed E-state index contributed by atoms with van der Waals surface area (Å²) in [7, 11) is 0. The highest BCUT2D eigenvalue weighted by Crippen LogP contribution is 2.40. The van der Waals surface area contributed by atoms with Crippen molar-refractivity contribution in [2.45, 2.75) is 32.4 Å². The molecule has 0 spiro atoms. The second-order valence-electron chi connectivity index (χ2n) is 7.20. The molecule has 2 aliphatic heterocycles. The number of fused-ring (bicyclic) bond motifs is 4. The number of amidine groups is 1. The van der Waals surface area contributed by atoms with Gasteiger partial charge in [-0.05, 0) is 43.5 Å². The quantitative estimate of drug-likeness (QED) is 0.605. The standard InChI is InChI=1S/C23H23N3OS/c1-2-27-15-18-13-20-17(14-24-18)7-5-8-21(20)25-23-26-19(10-11-28-23)12-16-6-3-4-9-22(16)26/h3-9,13-14,19H,2,10-12,15H2,1H3. The lowest BCUT2D eigenvalue weighted by molar-refractivity contribution is 0.131. The molecule has 3 heterocycles. The number of aliphatic imine (C=N–C) groups is 1. The van der Waals surface area contributed by atoms with Crippen molar-refractivity contribution in [2.75, 3.05) is 17.3 Å². The average molecular weight is 390 g/mol. The summed E-state index contributed by atoms with van der Waals surface area (Å²) in [6.45, 7) is 3.23. The third-order valence-electron chi connectivity index (χ3n) is 5.43. The van der Waals surface area contributed by atoms with E-state index in [-0.39, 0.29) is 0 Å². The number of nitrogens with zero attached hydrogens (tertiary/aromatic N) is 3. The van der Waals surface area contributed by atoms with Crippen LogP contribution in [0.5, 0.6) is 0 Å². The fraction of sp³-hybridized carbons (Fsp3) is 0.304. The van der Waals surface area contributed by atoms with Crippen molar-refractivity contribution in [1.29, 1.82) is 0 Å². The second-order valence-corrected chi connectivity index (χ2v) is 8.26. The molecule has 1 fully saturated rings. The first-order chi connectivity index (χ1) is 13.8. The van der Waals surface area contributed by atoms with Crippen molar-refractivity contribution < 1.29 is 4.74 Å². The monoisotopic (exact) mass is 389 g/mol. The number of anilines is 1. The van der Waals surface area contributed by atoms with Crippen molar-refractivity contribution in [3.8, 4) is 0 Å². The molecule has 4 nitrogen and oxygen atoms in total. The summed E-state index contributed by atoms with van der Waals surface area (Å²) in [4.78, 5) is 12.1. The summed E-state index contributed by atoms with van der Waals surface area (Å²) in [5.74, 6) is 1.12. The van der Waals surface area contributed by atoms with Crippen molar-refractivity contribution in [3.63, 3.8) is 0 Å². The summed E-state index contributed by atoms with van der Waals surface area (Å²) in [5.41, 5.74) is 4.70. The Kier molecular flexibility index (Phi) is 4.79. The molecule has 5 heteroatoms. The number of pyridine rings is 1. The van der Waals surface area contributed by atoms with Crippen LogP contribution in [0, 0.1) is 0 Å². The van der Waals surface area contributed by atoms with Crippen LogP contribution in [0.2, 0.25) is 0 Å². The van der Waals surface area contributed by atoms with E-state index in [9.17, 15) is 0 Å². The van der Waals surface area contributed by atoms with Gasteiger partial charge in [-0.15, -0.1) is 0 Å². The minimum absolute atomic E-state index is 0.530. The maximum Gasteiger partial charge on any atom is 0.169 e. The van der Waals surface area contributed by atoms with E-state index >= 15 is 0 Å². The molecule has 28 heavy (non-hydrogen) atoms. The minimum Gasteiger partial charge on any atom is -0.375 e. The van der Waals surface area contributed by atoms with Crippen LogP contribution >= 0.6 is 11.8 Å². The molecular formula is C23H23N3OS. The van der Waals surface area contributed by atoms with Crippen molar-refractivity contribution in [3.05, 3.63) is 66.0 Å². The van der Waals surface area contributed by atoms with Crippen LogP contribution in [0.25, 0.3) is 10.8 Å². The van der Waals surface area contributed by atoms with Gasteiger partial charge in [0.1, 0.15) is 0 Å². The maximum absolute atomic E-state index is 5.54. The van der Waals surface area contributed by atoms with Crippen LogP contribution in [-0.2, 0) is 17.8 Å². The minimum atomic E-state index is 0.530. The molecule has 0 bridgehead atoms. The van der Waals surface area contributed by atoms with Gasteiger partial charge in [0, 0.05) is 41.1 Å². The first-order valence-corrected chi connectivity index (χ1v) is 10.9. The number of rotatable bonds is 4. The van der Waals surface area contributed by atoms with Crippen LogP contribution in [0.3, 0.4) is 0 Å². The van der Waals surface area contributed by atoms with E-state index < -0.39 is 0 Å². The van der Waals surface area contributed by atoms with Gasteiger partial charge in [0.05, 0.1) is 18.0 Å². The molecule has 0 radical (unpaired) electrons. The third-order valence-corrected chi connectivity index (χ3v) is 6.41. The zero-order chi connectivity index (χ0) is 18.9. The smallest absolute Gasteiger partial charge is 0.169 e. The van der Waals surface area contributed by atoms with E-state index in [2.05, 4.69) is 58.4 Å². The highest BCUT2D eigenvalue weighted by Gasteiger charge is 2.35. The van der Waals surface area contributed by atoms with E-state index in [0.29, 0.717) is 19.3 Å². The number of benzene rings is 2. The van der Waals surface area contributed by atoms with Crippen LogP contribution < -0.4 is 4.90 Å². The Morgan fingerprint density at radius 2 is 2.14 bits per heavy atom. The molecule has 1 atom stereocenters. The molecule has 2 aliphatic rings. The Bertz CT molecular complexity index is 1050. The highest BCUT2D eigenvalue weighted by atomic mass is 32.2. The molecule has 0 aliphatic carbocycles. The van der Waals surface area contributed by atoms with Gasteiger partial charge < -0.3 is 9.64 Å². The largest absolute Gasteiger partial charge is 0.375 e. The average Bonchev–Trinajstić information content (AvgIpc) is 3.12. The van der Waals surface area contributed by atoms with Gasteiger partial charge in [-0.1, -0.05) is 42.1 Å². The predicted octanol–water partition coefficient (Wildman–Crippen LogP) is 5.33. The van der Waals surface area contributed by atoms with E-state index in [1.165, 1.54) is 17.7 Å². The van der Waals surface area contributed by atoms with E-state index in [0.717, 1.165) is 39.5 Å². The van der Waals surface area contributed by atoms with Crippen molar-refractivity contribution in [1.82, 2.24) is 4.98 Å². The number of ether oxygens (including phenoxy) is 1. The zero-order valence-corrected chi connectivity index (χ0v) is 16.8. The Morgan fingerprint density at radius 1 is 1.21 bits per heavy atom. The summed E-state index contributed by atoms with van der Waals surface area (Å²) >= 11 is 1.86. The van der Waals surface area contributed by atoms with Gasteiger partial charge >= 0.3 is 0 Å². The Hall–Kier alpha value is -2.37. The maximum atomic E-state index is 5.54. The van der Waals surface area contributed by atoms with Gasteiger partial charge in [-0.3, -0.25) is 4.98 Å². The third kappa shape index (κ3) is 3.19. The van der Waals surface area contributed by atoms with Gasteiger partial charge in [-0.25, -0.2) is 4.99 Å². The molecular weight excluding hydrogens is 366 g/mol. The van der Waals surface area contributed by atoms with E-state index in [1.54, 1.807) is 0 Å². The molecule has 0 saturated carbocycles. The van der Waals surface area contributed by atoms with Gasteiger partial charge in [-0.2, -0.15) is 0 Å². The fourth-order valence-corrected chi connectivity index (χ4v) is 5.20. The van der Waals surface area contributed by atoms with Gasteiger partial charge in [0.2, 0.25) is 0 Å². The van der Waals surface area contributed by atoms with Crippen molar-refractivity contribution in [2.24, 2.45) is 4.99 Å². The van der Waals surface area contributed by atoms with Gasteiger partial charge in [0.25, 0.3) is 0 Å². The second kappa shape index (κ2) is 7.57. The number of thioether (sulfide) groups is 1. The molecule has 1 saturated heterocycles. The molecule has 3 aromatic rings. The topological polar surface area (TPSA) is 37.7 Å².